The predicted octanol–water partition coefficient (Wildman–Crippen LogP) is 4.95. The van der Waals surface area contributed by atoms with Gasteiger partial charge in [0.1, 0.15) is 17.0 Å². The lowest BCUT2D eigenvalue weighted by Gasteiger charge is -2.14. The Morgan fingerprint density at radius 3 is 2.28 bits per heavy atom. The number of benzene rings is 3. The summed E-state index contributed by atoms with van der Waals surface area (Å²) in [6.07, 6.45) is 1.58. The maximum absolute atomic E-state index is 13.7. The van der Waals surface area contributed by atoms with E-state index in [2.05, 4.69) is 5.10 Å². The first kappa shape index (κ1) is 19.8. The zero-order valence-corrected chi connectivity index (χ0v) is 17.9. The second kappa shape index (κ2) is 8.15. The van der Waals surface area contributed by atoms with Crippen molar-refractivity contribution < 1.29 is 4.74 Å². The van der Waals surface area contributed by atoms with Crippen molar-refractivity contribution in [2.45, 2.75) is 13.8 Å². The molecule has 5 aromatic rings. The number of rotatable bonds is 5. The Kier molecular flexibility index (Phi) is 5.03. The van der Waals surface area contributed by atoms with Gasteiger partial charge in [-0.3, -0.25) is 9.36 Å². The molecule has 0 amide bonds. The minimum atomic E-state index is -0.170. The molecular formula is C26H22N4O2. The van der Waals surface area contributed by atoms with E-state index in [0.717, 1.165) is 28.3 Å². The highest BCUT2D eigenvalue weighted by Crippen LogP contribution is 2.25. The molecule has 0 aliphatic rings. The van der Waals surface area contributed by atoms with E-state index in [1.165, 1.54) is 0 Å². The summed E-state index contributed by atoms with van der Waals surface area (Å²) >= 11 is 0. The van der Waals surface area contributed by atoms with Gasteiger partial charge in [0.25, 0.3) is 5.56 Å². The van der Waals surface area contributed by atoms with Gasteiger partial charge in [0.15, 0.2) is 5.65 Å². The van der Waals surface area contributed by atoms with E-state index in [9.17, 15) is 4.79 Å². The number of aromatic nitrogens is 4. The fourth-order valence-corrected chi connectivity index (χ4v) is 3.72. The highest BCUT2D eigenvalue weighted by atomic mass is 16.5. The second-order valence-corrected chi connectivity index (χ2v) is 7.50. The van der Waals surface area contributed by atoms with Crippen LogP contribution in [0.25, 0.3) is 33.8 Å². The third-order valence-corrected chi connectivity index (χ3v) is 5.32. The first-order valence-corrected chi connectivity index (χ1v) is 10.5. The molecule has 0 aliphatic heterocycles. The van der Waals surface area contributed by atoms with Crippen molar-refractivity contribution in [3.63, 3.8) is 0 Å². The number of aryl methyl sites for hydroxylation is 1. The van der Waals surface area contributed by atoms with E-state index in [0.29, 0.717) is 23.5 Å². The van der Waals surface area contributed by atoms with Gasteiger partial charge in [0.05, 0.1) is 24.2 Å². The quantitative estimate of drug-likeness (QED) is 0.402. The summed E-state index contributed by atoms with van der Waals surface area (Å²) in [6.45, 7) is 4.56. The van der Waals surface area contributed by atoms with Crippen LogP contribution in [0.5, 0.6) is 5.75 Å². The van der Waals surface area contributed by atoms with Gasteiger partial charge in [-0.05, 0) is 50.2 Å². The van der Waals surface area contributed by atoms with Crippen molar-refractivity contribution in [3.8, 4) is 28.5 Å². The van der Waals surface area contributed by atoms with E-state index in [-0.39, 0.29) is 5.56 Å². The van der Waals surface area contributed by atoms with Crippen molar-refractivity contribution in [3.05, 3.63) is 101 Å². The van der Waals surface area contributed by atoms with Crippen LogP contribution >= 0.6 is 0 Å². The lowest BCUT2D eigenvalue weighted by molar-refractivity contribution is 0.340. The fraction of sp³-hybridized carbons (Fsp3) is 0.115. The maximum atomic E-state index is 13.7. The SMILES string of the molecule is CCOc1ccc(-n2c(-c3ccc(C)cc3)nc3c(cnn3-c3ccccc3)c2=O)cc1. The Bertz CT molecular complexity index is 1430. The van der Waals surface area contributed by atoms with Gasteiger partial charge in [-0.15, -0.1) is 0 Å². The zero-order chi connectivity index (χ0) is 22.1. The number of hydrogen-bond acceptors (Lipinski definition) is 4. The molecule has 5 rings (SSSR count). The Labute approximate surface area is 185 Å². The topological polar surface area (TPSA) is 61.9 Å². The van der Waals surface area contributed by atoms with Crippen LogP contribution in [0.4, 0.5) is 0 Å². The second-order valence-electron chi connectivity index (χ2n) is 7.50. The van der Waals surface area contributed by atoms with E-state index >= 15 is 0 Å². The Morgan fingerprint density at radius 1 is 0.875 bits per heavy atom. The van der Waals surface area contributed by atoms with Crippen molar-refractivity contribution in [2.24, 2.45) is 0 Å². The molecule has 6 nitrogen and oxygen atoms in total. The third-order valence-electron chi connectivity index (χ3n) is 5.32. The van der Waals surface area contributed by atoms with Gasteiger partial charge < -0.3 is 4.74 Å². The molecule has 0 spiro atoms. The first-order valence-electron chi connectivity index (χ1n) is 10.5. The van der Waals surface area contributed by atoms with Gasteiger partial charge >= 0.3 is 0 Å². The fourth-order valence-electron chi connectivity index (χ4n) is 3.72. The minimum Gasteiger partial charge on any atom is -0.494 e. The Hall–Kier alpha value is -4.19. The lowest BCUT2D eigenvalue weighted by atomic mass is 10.1. The molecule has 2 heterocycles. The molecule has 0 bridgehead atoms. The van der Waals surface area contributed by atoms with Crippen LogP contribution in [0.15, 0.2) is 89.9 Å². The van der Waals surface area contributed by atoms with Crippen LogP contribution in [-0.2, 0) is 0 Å². The highest BCUT2D eigenvalue weighted by molar-refractivity contribution is 5.79. The largest absolute Gasteiger partial charge is 0.494 e. The third kappa shape index (κ3) is 3.46. The van der Waals surface area contributed by atoms with Gasteiger partial charge in [0, 0.05) is 5.56 Å². The molecule has 32 heavy (non-hydrogen) atoms. The molecule has 3 aromatic carbocycles. The number of ether oxygens (including phenoxy) is 1. The minimum absolute atomic E-state index is 0.170. The molecule has 0 radical (unpaired) electrons. The zero-order valence-electron chi connectivity index (χ0n) is 17.9. The van der Waals surface area contributed by atoms with Gasteiger partial charge in [-0.25, -0.2) is 9.67 Å². The van der Waals surface area contributed by atoms with Crippen LogP contribution < -0.4 is 10.3 Å². The van der Waals surface area contributed by atoms with Crippen molar-refractivity contribution in [1.29, 1.82) is 0 Å². The van der Waals surface area contributed by atoms with Crippen LogP contribution in [0, 0.1) is 6.92 Å². The van der Waals surface area contributed by atoms with E-state index in [4.69, 9.17) is 9.72 Å². The van der Waals surface area contributed by atoms with Crippen LogP contribution in [0.2, 0.25) is 0 Å². The molecule has 158 valence electrons. The van der Waals surface area contributed by atoms with Crippen LogP contribution in [0.1, 0.15) is 12.5 Å². The average molecular weight is 422 g/mol. The van der Waals surface area contributed by atoms with Gasteiger partial charge in [0.2, 0.25) is 0 Å². The first-order chi connectivity index (χ1) is 15.7. The van der Waals surface area contributed by atoms with E-state index < -0.39 is 0 Å². The van der Waals surface area contributed by atoms with Gasteiger partial charge in [-0.2, -0.15) is 5.10 Å². The number of hydrogen-bond donors (Lipinski definition) is 0. The smallest absolute Gasteiger partial charge is 0.269 e. The molecule has 0 saturated heterocycles. The van der Waals surface area contributed by atoms with Crippen LogP contribution in [0.3, 0.4) is 0 Å². The lowest BCUT2D eigenvalue weighted by Crippen LogP contribution is -2.22. The molecule has 0 fully saturated rings. The monoisotopic (exact) mass is 422 g/mol. The summed E-state index contributed by atoms with van der Waals surface area (Å²) in [5.74, 6) is 1.32. The summed E-state index contributed by atoms with van der Waals surface area (Å²) in [6, 6.07) is 25.2. The summed E-state index contributed by atoms with van der Waals surface area (Å²) in [4.78, 5) is 18.6. The number of fused-ring (bicyclic) bond motifs is 1. The molecule has 0 unspecified atom stereocenters. The molecule has 6 heteroatoms. The molecule has 2 aromatic heterocycles. The molecule has 0 aliphatic carbocycles. The summed E-state index contributed by atoms with van der Waals surface area (Å²) in [5.41, 5.74) is 3.92. The van der Waals surface area contributed by atoms with Crippen LogP contribution in [-0.4, -0.2) is 25.9 Å². The summed E-state index contributed by atoms with van der Waals surface area (Å²) in [5, 5.41) is 4.93. The van der Waals surface area contributed by atoms with Crippen molar-refractivity contribution >= 4 is 11.0 Å². The van der Waals surface area contributed by atoms with Gasteiger partial charge in [-0.1, -0.05) is 48.0 Å². The van der Waals surface area contributed by atoms with Crippen molar-refractivity contribution in [2.75, 3.05) is 6.61 Å². The number of nitrogens with zero attached hydrogens (tertiary/aromatic N) is 4. The molecule has 0 atom stereocenters. The average Bonchev–Trinajstić information content (AvgIpc) is 3.25. The Balaban J connectivity index is 1.78. The standard InChI is InChI=1S/C26H22N4O2/c1-3-32-22-15-13-20(14-16-22)29-24(19-11-9-18(2)10-12-19)28-25-23(26(29)31)17-27-30(25)21-7-5-4-6-8-21/h4-17H,3H2,1-2H3. The van der Waals surface area contributed by atoms with Crippen molar-refractivity contribution in [1.82, 2.24) is 19.3 Å². The normalized spacial score (nSPS) is 11.1. The molecular weight excluding hydrogens is 400 g/mol. The highest BCUT2D eigenvalue weighted by Gasteiger charge is 2.18. The molecule has 0 saturated carbocycles. The summed E-state index contributed by atoms with van der Waals surface area (Å²) in [7, 11) is 0. The maximum Gasteiger partial charge on any atom is 0.269 e. The Morgan fingerprint density at radius 2 is 1.59 bits per heavy atom. The van der Waals surface area contributed by atoms with E-state index in [1.807, 2.05) is 92.7 Å². The van der Waals surface area contributed by atoms with E-state index in [1.54, 1.807) is 15.4 Å². The molecule has 0 N–H and O–H groups in total. The number of para-hydroxylation sites is 1. The predicted molar refractivity (Wildman–Crippen MR) is 126 cm³/mol. The summed E-state index contributed by atoms with van der Waals surface area (Å²) < 4.78 is 8.91.